The van der Waals surface area contributed by atoms with Crippen molar-refractivity contribution in [3.63, 3.8) is 0 Å². The first-order valence-corrected chi connectivity index (χ1v) is 9.74. The quantitative estimate of drug-likeness (QED) is 0.855. The predicted molar refractivity (Wildman–Crippen MR) is 85.6 cm³/mol. The van der Waals surface area contributed by atoms with Crippen molar-refractivity contribution in [3.8, 4) is 0 Å². The lowest BCUT2D eigenvalue weighted by atomic mass is 10.2. The van der Waals surface area contributed by atoms with E-state index < -0.39 is 15.9 Å². The first-order valence-electron chi connectivity index (χ1n) is 7.11. The minimum Gasteiger partial charge on any atom is -0.344 e. The molecule has 0 unspecified atom stereocenters. The first kappa shape index (κ1) is 17.0. The van der Waals surface area contributed by atoms with Gasteiger partial charge in [0.25, 0.3) is 0 Å². The molecule has 122 valence electrons. The molecule has 0 radical (unpaired) electrons. The lowest BCUT2D eigenvalue weighted by Gasteiger charge is -2.29. The van der Waals surface area contributed by atoms with E-state index in [-0.39, 0.29) is 42.8 Å². The van der Waals surface area contributed by atoms with Crippen molar-refractivity contribution in [2.45, 2.75) is 26.3 Å². The summed E-state index contributed by atoms with van der Waals surface area (Å²) in [6.07, 6.45) is 0.254. The van der Waals surface area contributed by atoms with Crippen LogP contribution in [0.15, 0.2) is 12.1 Å². The summed E-state index contributed by atoms with van der Waals surface area (Å²) in [5, 5.41) is 2.68. The zero-order chi connectivity index (χ0) is 16.3. The Balaban J connectivity index is 1.84. The second kappa shape index (κ2) is 6.78. The summed E-state index contributed by atoms with van der Waals surface area (Å²) in [4.78, 5) is 27.8. The number of hydrogen-bond donors (Lipinski definition) is 1. The maximum Gasteiger partial charge on any atom is 0.244 e. The van der Waals surface area contributed by atoms with E-state index in [1.165, 1.54) is 4.90 Å². The molecule has 1 aliphatic rings. The standard InChI is InChI=1S/C14H20N2O4S2/c1-10-3-4-12(21-10)9-13(17)15-11(2)14(18)16-5-7-22(19,20)8-6-16/h3-4,11H,5-9H2,1-2H3,(H,15,17)/t11-/m1/s1. The summed E-state index contributed by atoms with van der Waals surface area (Å²) in [5.41, 5.74) is 0. The fraction of sp³-hybridized carbons (Fsp3) is 0.571. The number of carbonyl (C=O) groups excluding carboxylic acids is 2. The molecule has 1 aromatic rings. The molecule has 0 bridgehead atoms. The Morgan fingerprint density at radius 3 is 2.50 bits per heavy atom. The minimum absolute atomic E-state index is 0.00607. The van der Waals surface area contributed by atoms with E-state index in [1.807, 2.05) is 19.1 Å². The second-order valence-electron chi connectivity index (χ2n) is 5.46. The number of thiophene rings is 1. The molecule has 22 heavy (non-hydrogen) atoms. The van der Waals surface area contributed by atoms with Crippen molar-refractivity contribution < 1.29 is 18.0 Å². The monoisotopic (exact) mass is 344 g/mol. The maximum absolute atomic E-state index is 12.2. The van der Waals surface area contributed by atoms with E-state index in [0.29, 0.717) is 0 Å². The Bertz CT molecular complexity index is 652. The highest BCUT2D eigenvalue weighted by molar-refractivity contribution is 7.91. The molecule has 6 nitrogen and oxygen atoms in total. The fourth-order valence-electron chi connectivity index (χ4n) is 2.30. The van der Waals surface area contributed by atoms with Crippen LogP contribution in [0.2, 0.25) is 0 Å². The van der Waals surface area contributed by atoms with Gasteiger partial charge in [0.05, 0.1) is 17.9 Å². The summed E-state index contributed by atoms with van der Waals surface area (Å²) in [6, 6.07) is 3.21. The lowest BCUT2D eigenvalue weighted by molar-refractivity contribution is -0.135. The first-order chi connectivity index (χ1) is 10.3. The molecule has 2 amide bonds. The van der Waals surface area contributed by atoms with Crippen molar-refractivity contribution in [3.05, 3.63) is 21.9 Å². The van der Waals surface area contributed by atoms with E-state index in [2.05, 4.69) is 5.32 Å². The Morgan fingerprint density at radius 2 is 1.95 bits per heavy atom. The summed E-state index contributed by atoms with van der Waals surface area (Å²) in [5.74, 6) is -0.445. The number of aryl methyl sites for hydroxylation is 1. The van der Waals surface area contributed by atoms with E-state index in [4.69, 9.17) is 0 Å². The molecule has 1 aliphatic heterocycles. The van der Waals surface area contributed by atoms with Crippen LogP contribution in [-0.2, 0) is 25.8 Å². The minimum atomic E-state index is -3.02. The van der Waals surface area contributed by atoms with Crippen molar-refractivity contribution >= 4 is 33.0 Å². The molecule has 0 spiro atoms. The van der Waals surface area contributed by atoms with Crippen molar-refractivity contribution in [1.82, 2.24) is 10.2 Å². The molecule has 1 N–H and O–H groups in total. The number of nitrogens with one attached hydrogen (secondary N) is 1. The molecule has 8 heteroatoms. The van der Waals surface area contributed by atoms with Crippen LogP contribution in [0.25, 0.3) is 0 Å². The molecule has 0 aromatic carbocycles. The van der Waals surface area contributed by atoms with Gasteiger partial charge in [-0.3, -0.25) is 9.59 Å². The largest absolute Gasteiger partial charge is 0.344 e. The van der Waals surface area contributed by atoms with Gasteiger partial charge in [-0.2, -0.15) is 0 Å². The molecule has 1 saturated heterocycles. The molecule has 1 aromatic heterocycles. The molecular formula is C14H20N2O4S2. The Kier molecular flexibility index (Phi) is 5.23. The van der Waals surface area contributed by atoms with Gasteiger partial charge >= 0.3 is 0 Å². The van der Waals surface area contributed by atoms with Crippen molar-refractivity contribution in [1.29, 1.82) is 0 Å². The van der Waals surface area contributed by atoms with Crippen LogP contribution >= 0.6 is 11.3 Å². The fourth-order valence-corrected chi connectivity index (χ4v) is 4.39. The van der Waals surface area contributed by atoms with Crippen LogP contribution in [0.3, 0.4) is 0 Å². The Labute approximate surface area is 134 Å². The number of carbonyl (C=O) groups is 2. The number of hydrogen-bond acceptors (Lipinski definition) is 5. The van der Waals surface area contributed by atoms with E-state index in [9.17, 15) is 18.0 Å². The van der Waals surface area contributed by atoms with Crippen LogP contribution < -0.4 is 5.32 Å². The summed E-state index contributed by atoms with van der Waals surface area (Å²) in [6.45, 7) is 4.00. The topological polar surface area (TPSA) is 83.6 Å². The van der Waals surface area contributed by atoms with Gasteiger partial charge in [0.1, 0.15) is 6.04 Å². The van der Waals surface area contributed by atoms with Crippen LogP contribution in [0.5, 0.6) is 0 Å². The molecule has 1 atom stereocenters. The van der Waals surface area contributed by atoms with Gasteiger partial charge in [-0.05, 0) is 26.0 Å². The van der Waals surface area contributed by atoms with E-state index >= 15 is 0 Å². The van der Waals surface area contributed by atoms with Crippen LogP contribution in [-0.4, -0.2) is 55.8 Å². The van der Waals surface area contributed by atoms with Gasteiger partial charge in [0.2, 0.25) is 11.8 Å². The third-order valence-corrected chi connectivity index (χ3v) is 6.14. The average Bonchev–Trinajstić information content (AvgIpc) is 2.83. The third-order valence-electron chi connectivity index (χ3n) is 3.53. The molecule has 2 heterocycles. The van der Waals surface area contributed by atoms with Gasteiger partial charge in [0, 0.05) is 22.8 Å². The van der Waals surface area contributed by atoms with Gasteiger partial charge in [-0.15, -0.1) is 11.3 Å². The Hall–Kier alpha value is -1.41. The van der Waals surface area contributed by atoms with Gasteiger partial charge in [-0.25, -0.2) is 8.42 Å². The number of sulfone groups is 1. The van der Waals surface area contributed by atoms with Crippen molar-refractivity contribution in [2.24, 2.45) is 0 Å². The third kappa shape index (κ3) is 4.54. The van der Waals surface area contributed by atoms with Gasteiger partial charge in [0.15, 0.2) is 9.84 Å². The number of nitrogens with zero attached hydrogens (tertiary/aromatic N) is 1. The molecule has 0 aliphatic carbocycles. The molecular weight excluding hydrogens is 324 g/mol. The van der Waals surface area contributed by atoms with Gasteiger partial charge < -0.3 is 10.2 Å². The normalized spacial score (nSPS) is 18.7. The number of amides is 2. The highest BCUT2D eigenvalue weighted by Gasteiger charge is 2.28. The molecule has 1 fully saturated rings. The predicted octanol–water partition coefficient (Wildman–Crippen LogP) is 0.361. The highest BCUT2D eigenvalue weighted by atomic mass is 32.2. The SMILES string of the molecule is Cc1ccc(CC(=O)N[C@H](C)C(=O)N2CCS(=O)(=O)CC2)s1. The zero-order valence-corrected chi connectivity index (χ0v) is 14.3. The second-order valence-corrected chi connectivity index (χ2v) is 9.13. The van der Waals surface area contributed by atoms with Gasteiger partial charge in [-0.1, -0.05) is 0 Å². The summed E-state index contributed by atoms with van der Waals surface area (Å²) < 4.78 is 22.7. The zero-order valence-electron chi connectivity index (χ0n) is 12.7. The van der Waals surface area contributed by atoms with E-state index in [0.717, 1.165) is 9.75 Å². The van der Waals surface area contributed by atoms with Crippen LogP contribution in [0, 0.1) is 6.92 Å². The summed E-state index contributed by atoms with van der Waals surface area (Å²) >= 11 is 1.56. The van der Waals surface area contributed by atoms with E-state index in [1.54, 1.807) is 18.3 Å². The molecule has 0 saturated carbocycles. The lowest BCUT2D eigenvalue weighted by Crippen LogP contribution is -2.51. The summed E-state index contributed by atoms with van der Waals surface area (Å²) in [7, 11) is -3.02. The van der Waals surface area contributed by atoms with Crippen LogP contribution in [0.1, 0.15) is 16.7 Å². The average molecular weight is 344 g/mol. The maximum atomic E-state index is 12.2. The van der Waals surface area contributed by atoms with Crippen molar-refractivity contribution in [2.75, 3.05) is 24.6 Å². The van der Waals surface area contributed by atoms with Crippen LogP contribution in [0.4, 0.5) is 0 Å². The molecule has 2 rings (SSSR count). The Morgan fingerprint density at radius 1 is 1.32 bits per heavy atom. The number of rotatable bonds is 4. The highest BCUT2D eigenvalue weighted by Crippen LogP contribution is 2.15. The smallest absolute Gasteiger partial charge is 0.244 e.